The highest BCUT2D eigenvalue weighted by Crippen LogP contribution is 2.23. The maximum Gasteiger partial charge on any atom is 0.116 e. The quantitative estimate of drug-likeness (QED) is 0.768. The van der Waals surface area contributed by atoms with Gasteiger partial charge in [0.1, 0.15) is 5.75 Å². The van der Waals surface area contributed by atoms with E-state index in [0.717, 1.165) is 17.8 Å². The van der Waals surface area contributed by atoms with Crippen LogP contribution in [0.25, 0.3) is 11.3 Å². The van der Waals surface area contributed by atoms with Gasteiger partial charge in [-0.25, -0.2) is 0 Å². The molecule has 0 bridgehead atoms. The Balaban J connectivity index is 2.49. The van der Waals surface area contributed by atoms with Crippen LogP contribution in [0.15, 0.2) is 42.6 Å². The zero-order valence-electron chi connectivity index (χ0n) is 8.14. The van der Waals surface area contributed by atoms with Gasteiger partial charge < -0.3 is 9.67 Å². The third kappa shape index (κ3) is 1.51. The molecule has 2 rings (SSSR count). The summed E-state index contributed by atoms with van der Waals surface area (Å²) in [4.78, 5) is 0. The van der Waals surface area contributed by atoms with E-state index in [9.17, 15) is 5.11 Å². The molecular weight excluding hydrogens is 174 g/mol. The van der Waals surface area contributed by atoms with Gasteiger partial charge in [0.05, 0.1) is 0 Å². The molecule has 0 atom stereocenters. The topological polar surface area (TPSA) is 25.2 Å². The van der Waals surface area contributed by atoms with Crippen molar-refractivity contribution in [1.29, 1.82) is 0 Å². The Morgan fingerprint density at radius 1 is 1.21 bits per heavy atom. The lowest BCUT2D eigenvalue weighted by atomic mass is 10.1. The van der Waals surface area contributed by atoms with E-state index in [-0.39, 0.29) is 0 Å². The number of aromatic nitrogens is 1. The van der Waals surface area contributed by atoms with Crippen LogP contribution in [0.4, 0.5) is 0 Å². The van der Waals surface area contributed by atoms with Gasteiger partial charge in [-0.1, -0.05) is 12.1 Å². The van der Waals surface area contributed by atoms with E-state index in [1.165, 1.54) is 0 Å². The second-order valence-corrected chi connectivity index (χ2v) is 3.23. The van der Waals surface area contributed by atoms with E-state index >= 15 is 0 Å². The van der Waals surface area contributed by atoms with E-state index in [1.54, 1.807) is 12.1 Å². The Morgan fingerprint density at radius 2 is 2.07 bits per heavy atom. The molecule has 0 saturated heterocycles. The van der Waals surface area contributed by atoms with E-state index in [2.05, 4.69) is 17.6 Å². The molecule has 0 amide bonds. The average molecular weight is 187 g/mol. The van der Waals surface area contributed by atoms with E-state index in [4.69, 9.17) is 0 Å². The standard InChI is InChI=1S/C12H13NO/c1-2-13-8-4-7-12(13)10-5-3-6-11(14)9-10/h3-9,14H,2H2,1H3. The summed E-state index contributed by atoms with van der Waals surface area (Å²) in [5.74, 6) is 0.311. The van der Waals surface area contributed by atoms with Gasteiger partial charge >= 0.3 is 0 Å². The van der Waals surface area contributed by atoms with Gasteiger partial charge in [-0.2, -0.15) is 0 Å². The first-order chi connectivity index (χ1) is 6.81. The van der Waals surface area contributed by atoms with Crippen LogP contribution < -0.4 is 0 Å². The summed E-state index contributed by atoms with van der Waals surface area (Å²) < 4.78 is 2.15. The predicted octanol–water partition coefficient (Wildman–Crippen LogP) is 2.88. The van der Waals surface area contributed by atoms with Gasteiger partial charge in [0.25, 0.3) is 0 Å². The molecular formula is C12H13NO. The van der Waals surface area contributed by atoms with E-state index in [1.807, 2.05) is 24.4 Å². The van der Waals surface area contributed by atoms with Crippen LogP contribution in [0.1, 0.15) is 6.92 Å². The Hall–Kier alpha value is -1.70. The first kappa shape index (κ1) is 8.88. The van der Waals surface area contributed by atoms with E-state index < -0.39 is 0 Å². The largest absolute Gasteiger partial charge is 0.508 e. The highest BCUT2D eigenvalue weighted by molar-refractivity contribution is 5.61. The zero-order valence-corrected chi connectivity index (χ0v) is 8.14. The van der Waals surface area contributed by atoms with Crippen molar-refractivity contribution in [1.82, 2.24) is 4.57 Å². The van der Waals surface area contributed by atoms with Gasteiger partial charge in [0.2, 0.25) is 0 Å². The van der Waals surface area contributed by atoms with Crippen molar-refractivity contribution in [3.05, 3.63) is 42.6 Å². The summed E-state index contributed by atoms with van der Waals surface area (Å²) in [7, 11) is 0. The van der Waals surface area contributed by atoms with Crippen molar-refractivity contribution in [3.8, 4) is 17.0 Å². The second kappa shape index (κ2) is 3.58. The minimum atomic E-state index is 0.311. The molecule has 2 nitrogen and oxygen atoms in total. The smallest absolute Gasteiger partial charge is 0.116 e. The second-order valence-electron chi connectivity index (χ2n) is 3.23. The van der Waals surface area contributed by atoms with Crippen molar-refractivity contribution >= 4 is 0 Å². The minimum absolute atomic E-state index is 0.311. The SMILES string of the molecule is CCn1cccc1-c1cccc(O)c1. The van der Waals surface area contributed by atoms with Gasteiger partial charge in [-0.15, -0.1) is 0 Å². The Kier molecular flexibility index (Phi) is 2.27. The molecule has 72 valence electrons. The van der Waals surface area contributed by atoms with Crippen LogP contribution in [-0.4, -0.2) is 9.67 Å². The number of hydrogen-bond donors (Lipinski definition) is 1. The number of hydrogen-bond acceptors (Lipinski definition) is 1. The van der Waals surface area contributed by atoms with Gasteiger partial charge in [-0.05, 0) is 31.2 Å². The van der Waals surface area contributed by atoms with Crippen molar-refractivity contribution < 1.29 is 5.11 Å². The summed E-state index contributed by atoms with van der Waals surface area (Å²) in [5.41, 5.74) is 2.19. The summed E-state index contributed by atoms with van der Waals surface area (Å²) in [6, 6.07) is 11.4. The Bertz CT molecular complexity index is 431. The number of aromatic hydroxyl groups is 1. The van der Waals surface area contributed by atoms with Gasteiger partial charge in [-0.3, -0.25) is 0 Å². The highest BCUT2D eigenvalue weighted by Gasteiger charge is 2.02. The molecule has 0 aliphatic heterocycles. The molecule has 1 heterocycles. The number of aryl methyl sites for hydroxylation is 1. The molecule has 0 aliphatic rings. The van der Waals surface area contributed by atoms with Crippen LogP contribution >= 0.6 is 0 Å². The molecule has 2 heteroatoms. The number of nitrogens with zero attached hydrogens (tertiary/aromatic N) is 1. The zero-order chi connectivity index (χ0) is 9.97. The third-order valence-corrected chi connectivity index (χ3v) is 2.31. The summed E-state index contributed by atoms with van der Waals surface area (Å²) in [5, 5.41) is 9.37. The maximum absolute atomic E-state index is 9.37. The van der Waals surface area contributed by atoms with Crippen molar-refractivity contribution in [2.45, 2.75) is 13.5 Å². The molecule has 0 aliphatic carbocycles. The molecule has 14 heavy (non-hydrogen) atoms. The van der Waals surface area contributed by atoms with Crippen molar-refractivity contribution in [3.63, 3.8) is 0 Å². The first-order valence-electron chi connectivity index (χ1n) is 4.76. The molecule has 2 aromatic rings. The Morgan fingerprint density at radius 3 is 2.79 bits per heavy atom. The lowest BCUT2D eigenvalue weighted by Gasteiger charge is -2.06. The molecule has 0 saturated carbocycles. The van der Waals surface area contributed by atoms with Gasteiger partial charge in [0, 0.05) is 24.0 Å². The fourth-order valence-electron chi connectivity index (χ4n) is 1.62. The average Bonchev–Trinajstić information content (AvgIpc) is 2.65. The highest BCUT2D eigenvalue weighted by atomic mass is 16.3. The molecule has 0 spiro atoms. The fourth-order valence-corrected chi connectivity index (χ4v) is 1.62. The first-order valence-corrected chi connectivity index (χ1v) is 4.76. The Labute approximate surface area is 83.4 Å². The molecule has 0 radical (unpaired) electrons. The number of rotatable bonds is 2. The lowest BCUT2D eigenvalue weighted by Crippen LogP contribution is -1.93. The van der Waals surface area contributed by atoms with Crippen LogP contribution in [0, 0.1) is 0 Å². The van der Waals surface area contributed by atoms with Crippen molar-refractivity contribution in [2.75, 3.05) is 0 Å². The number of phenols is 1. The third-order valence-electron chi connectivity index (χ3n) is 2.31. The molecule has 0 unspecified atom stereocenters. The summed E-state index contributed by atoms with van der Waals surface area (Å²) in [6.07, 6.45) is 2.04. The summed E-state index contributed by atoms with van der Waals surface area (Å²) >= 11 is 0. The molecule has 0 fully saturated rings. The monoisotopic (exact) mass is 187 g/mol. The molecule has 1 N–H and O–H groups in total. The number of phenolic OH excluding ortho intramolecular Hbond substituents is 1. The van der Waals surface area contributed by atoms with Crippen LogP contribution in [-0.2, 0) is 6.54 Å². The summed E-state index contributed by atoms with van der Waals surface area (Å²) in [6.45, 7) is 3.05. The van der Waals surface area contributed by atoms with Crippen LogP contribution in [0.2, 0.25) is 0 Å². The molecule has 1 aromatic carbocycles. The molecule has 1 aromatic heterocycles. The lowest BCUT2D eigenvalue weighted by molar-refractivity contribution is 0.475. The van der Waals surface area contributed by atoms with E-state index in [0.29, 0.717) is 5.75 Å². The minimum Gasteiger partial charge on any atom is -0.508 e. The van der Waals surface area contributed by atoms with Crippen LogP contribution in [0.3, 0.4) is 0 Å². The normalized spacial score (nSPS) is 10.4. The fraction of sp³-hybridized carbons (Fsp3) is 0.167. The maximum atomic E-state index is 9.37. The van der Waals surface area contributed by atoms with Crippen LogP contribution in [0.5, 0.6) is 5.75 Å². The van der Waals surface area contributed by atoms with Gasteiger partial charge in [0.15, 0.2) is 0 Å². The predicted molar refractivity (Wildman–Crippen MR) is 57.2 cm³/mol. The van der Waals surface area contributed by atoms with Crippen molar-refractivity contribution in [2.24, 2.45) is 0 Å². The number of benzene rings is 1.